The van der Waals surface area contributed by atoms with Crippen LogP contribution < -0.4 is 20.3 Å². The van der Waals surface area contributed by atoms with Crippen LogP contribution in [0.15, 0.2) is 48.5 Å². The lowest BCUT2D eigenvalue weighted by Crippen LogP contribution is -2.54. The van der Waals surface area contributed by atoms with Crippen molar-refractivity contribution in [2.75, 3.05) is 48.4 Å². The van der Waals surface area contributed by atoms with Gasteiger partial charge in [0.1, 0.15) is 11.8 Å². The lowest BCUT2D eigenvalue weighted by Gasteiger charge is -2.38. The highest BCUT2D eigenvalue weighted by Crippen LogP contribution is 2.68. The number of amides is 3. The predicted molar refractivity (Wildman–Crippen MR) is 167 cm³/mol. The molecule has 3 N–H and O–H groups in total. The van der Waals surface area contributed by atoms with Crippen molar-refractivity contribution in [3.8, 4) is 5.75 Å². The molecule has 0 aliphatic carbocycles. The summed E-state index contributed by atoms with van der Waals surface area (Å²) in [6.07, 6.45) is 1.12. The van der Waals surface area contributed by atoms with Gasteiger partial charge in [0.25, 0.3) is 0 Å². The topological polar surface area (TPSA) is 111 Å². The van der Waals surface area contributed by atoms with Gasteiger partial charge in [-0.15, -0.1) is 11.8 Å². The van der Waals surface area contributed by atoms with Crippen LogP contribution in [0.1, 0.15) is 40.5 Å². The Bertz CT molecular complexity index is 1280. The molecule has 3 aliphatic heterocycles. The van der Waals surface area contributed by atoms with Gasteiger partial charge in [-0.2, -0.15) is 0 Å². The summed E-state index contributed by atoms with van der Waals surface area (Å²) in [4.78, 5) is 45.8. The van der Waals surface area contributed by atoms with Crippen LogP contribution in [0.2, 0.25) is 0 Å². The number of aliphatic hydroxyl groups excluding tert-OH is 1. The number of rotatable bonds is 12. The molecule has 42 heavy (non-hydrogen) atoms. The molecule has 3 aliphatic rings. The average molecular weight is 595 g/mol. The summed E-state index contributed by atoms with van der Waals surface area (Å²) >= 11 is 1.64. The summed E-state index contributed by atoms with van der Waals surface area (Å²) in [5.41, 5.74) is 2.39. The van der Waals surface area contributed by atoms with E-state index in [2.05, 4.69) is 36.3 Å². The van der Waals surface area contributed by atoms with Gasteiger partial charge in [-0.05, 0) is 88.1 Å². The minimum atomic E-state index is -0.739. The summed E-state index contributed by atoms with van der Waals surface area (Å²) < 4.78 is 4.79. The van der Waals surface area contributed by atoms with Gasteiger partial charge in [0, 0.05) is 48.6 Å². The Labute approximate surface area is 252 Å². The molecule has 5 rings (SSSR count). The number of nitrogens with zero attached hydrogens (tertiary/aromatic N) is 2. The molecule has 3 saturated heterocycles. The lowest BCUT2D eigenvalue weighted by atomic mass is 9.66. The van der Waals surface area contributed by atoms with Crippen LogP contribution in [0, 0.1) is 17.8 Å². The number of aliphatic hydroxyl groups is 1. The zero-order valence-corrected chi connectivity index (χ0v) is 25.7. The number of nitrogens with one attached hydrogen (secondary N) is 2. The first kappa shape index (κ1) is 30.2. The first-order chi connectivity index (χ1) is 20.3. The average Bonchev–Trinajstić information content (AvgIpc) is 3.58. The number of carbonyl (C=O) groups is 3. The molecule has 226 valence electrons. The van der Waals surface area contributed by atoms with Crippen LogP contribution in [-0.2, 0) is 14.4 Å². The Morgan fingerprint density at radius 2 is 1.64 bits per heavy atom. The summed E-state index contributed by atoms with van der Waals surface area (Å²) in [5, 5.41) is 15.7. The maximum absolute atomic E-state index is 14.1. The highest BCUT2D eigenvalue weighted by atomic mass is 32.2. The third-order valence-corrected chi connectivity index (χ3v) is 11.1. The molecule has 3 amide bonds. The molecule has 10 heteroatoms. The quantitative estimate of drug-likeness (QED) is 0.337. The number of hydrogen-bond donors (Lipinski definition) is 3. The first-order valence-electron chi connectivity index (χ1n) is 15.1. The van der Waals surface area contributed by atoms with Crippen molar-refractivity contribution < 1.29 is 24.2 Å². The van der Waals surface area contributed by atoms with Crippen LogP contribution in [0.25, 0.3) is 0 Å². The molecule has 0 aromatic heterocycles. The third kappa shape index (κ3) is 5.24. The van der Waals surface area contributed by atoms with Crippen molar-refractivity contribution in [2.45, 2.75) is 56.6 Å². The zero-order valence-electron chi connectivity index (χ0n) is 24.8. The van der Waals surface area contributed by atoms with Crippen molar-refractivity contribution in [3.05, 3.63) is 48.5 Å². The Morgan fingerprint density at radius 3 is 2.24 bits per heavy atom. The number of hydrogen-bond acceptors (Lipinski definition) is 7. The maximum Gasteiger partial charge on any atom is 0.248 e. The number of benzene rings is 2. The van der Waals surface area contributed by atoms with Gasteiger partial charge in [-0.25, -0.2) is 0 Å². The van der Waals surface area contributed by atoms with Crippen molar-refractivity contribution in [1.29, 1.82) is 0 Å². The molecule has 0 saturated carbocycles. The highest BCUT2D eigenvalue weighted by molar-refractivity contribution is 8.02. The molecular weight excluding hydrogens is 552 g/mol. The Hall–Kier alpha value is -3.24. The first-order valence-corrected chi connectivity index (χ1v) is 16.0. The van der Waals surface area contributed by atoms with Crippen LogP contribution in [0.5, 0.6) is 5.75 Å². The fourth-order valence-corrected chi connectivity index (χ4v) is 9.61. The summed E-state index contributed by atoms with van der Waals surface area (Å²) in [6, 6.07) is 14.3. The van der Waals surface area contributed by atoms with E-state index in [1.165, 1.54) is 0 Å². The van der Waals surface area contributed by atoms with Crippen LogP contribution >= 0.6 is 11.8 Å². The molecule has 2 bridgehead atoms. The van der Waals surface area contributed by atoms with E-state index < -0.39 is 22.6 Å². The Morgan fingerprint density at radius 1 is 1.02 bits per heavy atom. The molecule has 3 unspecified atom stereocenters. The molecule has 2 aromatic rings. The molecule has 3 heterocycles. The van der Waals surface area contributed by atoms with E-state index in [1.54, 1.807) is 28.8 Å². The van der Waals surface area contributed by atoms with Gasteiger partial charge >= 0.3 is 0 Å². The van der Waals surface area contributed by atoms with Gasteiger partial charge in [0.2, 0.25) is 17.7 Å². The SMILES string of the molecule is CCOc1ccc(NC(=O)[C@@H]2[C@H]3C(=O)N(CCCO)C(C(=O)Nc4ccc(N(CC)CC)cc4)C34S[C@@H]2CC4C)cc1. The van der Waals surface area contributed by atoms with Gasteiger partial charge < -0.3 is 30.3 Å². The predicted octanol–water partition coefficient (Wildman–Crippen LogP) is 4.23. The molecule has 1 spiro atoms. The van der Waals surface area contributed by atoms with Crippen molar-refractivity contribution in [2.24, 2.45) is 17.8 Å². The summed E-state index contributed by atoms with van der Waals surface area (Å²) in [5.74, 6) is -0.983. The Kier molecular flexibility index (Phi) is 9.03. The van der Waals surface area contributed by atoms with E-state index in [0.29, 0.717) is 24.4 Å². The molecule has 9 nitrogen and oxygen atoms in total. The van der Waals surface area contributed by atoms with E-state index >= 15 is 0 Å². The van der Waals surface area contributed by atoms with E-state index in [-0.39, 0.29) is 42.0 Å². The summed E-state index contributed by atoms with van der Waals surface area (Å²) in [6.45, 7) is 10.7. The number of fused-ring (bicyclic) bond motifs is 1. The maximum atomic E-state index is 14.1. The largest absolute Gasteiger partial charge is 0.494 e. The second-order valence-electron chi connectivity index (χ2n) is 11.3. The molecule has 0 radical (unpaired) electrons. The van der Waals surface area contributed by atoms with Crippen LogP contribution in [-0.4, -0.2) is 76.6 Å². The molecular formula is C32H42N4O5S. The third-order valence-electron chi connectivity index (χ3n) is 9.05. The van der Waals surface area contributed by atoms with E-state index in [9.17, 15) is 19.5 Å². The normalized spacial score (nSPS) is 27.6. The van der Waals surface area contributed by atoms with E-state index in [1.807, 2.05) is 43.3 Å². The number of ether oxygens (including phenoxy) is 1. The van der Waals surface area contributed by atoms with Gasteiger partial charge in [-0.3, -0.25) is 14.4 Å². The number of likely N-dealkylation sites (tertiary alicyclic amines) is 1. The smallest absolute Gasteiger partial charge is 0.248 e. The highest BCUT2D eigenvalue weighted by Gasteiger charge is 2.75. The van der Waals surface area contributed by atoms with Crippen LogP contribution in [0.4, 0.5) is 17.1 Å². The van der Waals surface area contributed by atoms with E-state index in [4.69, 9.17) is 4.74 Å². The van der Waals surface area contributed by atoms with Gasteiger partial charge in [0.15, 0.2) is 0 Å². The minimum Gasteiger partial charge on any atom is -0.494 e. The lowest BCUT2D eigenvalue weighted by molar-refractivity contribution is -0.138. The van der Waals surface area contributed by atoms with Gasteiger partial charge in [0.05, 0.1) is 23.2 Å². The molecule has 3 fully saturated rings. The van der Waals surface area contributed by atoms with Crippen molar-refractivity contribution in [3.63, 3.8) is 0 Å². The molecule has 2 aromatic carbocycles. The zero-order chi connectivity index (χ0) is 30.0. The van der Waals surface area contributed by atoms with Crippen molar-refractivity contribution in [1.82, 2.24) is 4.90 Å². The number of thioether (sulfide) groups is 1. The standard InChI is InChI=1S/C32H42N4O5S/c1-5-35(6-2)23-13-9-21(10-14-23)34-30(39)28-32-20(4)19-25(42-32)26(27(32)31(40)36(28)17-8-18-37)29(38)33-22-11-15-24(16-12-22)41-7-3/h9-16,20,25-28,37H,5-8,17-19H2,1-4H3,(H,33,38)(H,34,39)/t20?,25-,26+,27+,28?,32?/m1/s1. The fraction of sp³-hybridized carbons (Fsp3) is 0.531. The second-order valence-corrected chi connectivity index (χ2v) is 12.9. The monoisotopic (exact) mass is 594 g/mol. The summed E-state index contributed by atoms with van der Waals surface area (Å²) in [7, 11) is 0. The molecule has 6 atom stereocenters. The minimum absolute atomic E-state index is 0.0553. The Balaban J connectivity index is 1.41. The van der Waals surface area contributed by atoms with E-state index in [0.717, 1.165) is 30.9 Å². The number of anilines is 3. The number of carbonyl (C=O) groups excluding carboxylic acids is 3. The fourth-order valence-electron chi connectivity index (χ4n) is 7.18. The van der Waals surface area contributed by atoms with Crippen LogP contribution in [0.3, 0.4) is 0 Å². The second kappa shape index (κ2) is 12.6. The van der Waals surface area contributed by atoms with Crippen molar-refractivity contribution >= 4 is 46.5 Å². The van der Waals surface area contributed by atoms with Gasteiger partial charge in [-0.1, -0.05) is 6.92 Å².